The van der Waals surface area contributed by atoms with Gasteiger partial charge in [-0.2, -0.15) is 4.98 Å². The summed E-state index contributed by atoms with van der Waals surface area (Å²) in [5, 5.41) is 13.4. The maximum Gasteiger partial charge on any atom is 0.307 e. The summed E-state index contributed by atoms with van der Waals surface area (Å²) in [6.07, 6.45) is 9.88. The first-order valence-electron chi connectivity index (χ1n) is 7.72. The van der Waals surface area contributed by atoms with Crippen LogP contribution in [0.5, 0.6) is 0 Å². The Morgan fingerprint density at radius 2 is 1.90 bits per heavy atom. The Kier molecular flexibility index (Phi) is 4.22. The fourth-order valence-electron chi connectivity index (χ4n) is 3.14. The van der Waals surface area contributed by atoms with E-state index in [0.29, 0.717) is 24.7 Å². The molecule has 0 bridgehead atoms. The smallest absolute Gasteiger partial charge is 0.307 e. The Bertz CT molecular complexity index is 518. The first-order valence-corrected chi connectivity index (χ1v) is 7.72. The third kappa shape index (κ3) is 3.09. The van der Waals surface area contributed by atoms with Crippen LogP contribution in [0.15, 0.2) is 16.7 Å². The van der Waals surface area contributed by atoms with Crippen LogP contribution in [0.1, 0.15) is 50.3 Å². The van der Waals surface area contributed by atoms with Crippen LogP contribution in [0.25, 0.3) is 0 Å². The zero-order chi connectivity index (χ0) is 14.7. The molecule has 2 aliphatic rings. The Hall–Kier alpha value is -1.85. The largest absolute Gasteiger partial charge is 0.481 e. The van der Waals surface area contributed by atoms with Crippen molar-refractivity contribution in [2.75, 3.05) is 18.0 Å². The number of carboxylic acid groups (broad SMARTS) is 1. The molecule has 0 unspecified atom stereocenters. The molecule has 114 valence electrons. The molecular formula is C15H21N3O3. The van der Waals surface area contributed by atoms with Crippen molar-refractivity contribution in [2.45, 2.75) is 44.4 Å². The molecule has 3 rings (SSSR count). The number of carbonyl (C=O) groups is 1. The van der Waals surface area contributed by atoms with E-state index >= 15 is 0 Å². The third-order valence-electron chi connectivity index (χ3n) is 4.39. The summed E-state index contributed by atoms with van der Waals surface area (Å²) in [6.45, 7) is 1.90. The van der Waals surface area contributed by atoms with Gasteiger partial charge < -0.3 is 14.5 Å². The first kappa shape index (κ1) is 14.1. The van der Waals surface area contributed by atoms with Gasteiger partial charge in [0.15, 0.2) is 0 Å². The number of anilines is 1. The van der Waals surface area contributed by atoms with Gasteiger partial charge in [0.1, 0.15) is 0 Å². The third-order valence-corrected chi connectivity index (χ3v) is 4.39. The summed E-state index contributed by atoms with van der Waals surface area (Å²) in [5.41, 5.74) is 0. The normalized spacial score (nSPS) is 26.6. The van der Waals surface area contributed by atoms with E-state index in [2.05, 4.69) is 15.0 Å². The molecule has 0 amide bonds. The number of carboxylic acids is 1. The Morgan fingerprint density at radius 3 is 2.62 bits per heavy atom. The molecule has 1 saturated heterocycles. The van der Waals surface area contributed by atoms with Gasteiger partial charge in [0.05, 0.1) is 11.8 Å². The molecule has 1 fully saturated rings. The summed E-state index contributed by atoms with van der Waals surface area (Å²) in [4.78, 5) is 18.0. The van der Waals surface area contributed by atoms with Crippen LogP contribution in [0.4, 0.5) is 5.95 Å². The standard InChI is InChI=1S/C15H21N3O3/c19-14(20)12-8-4-3-7-11(12)13-16-15(17-21-13)18-9-5-1-2-6-10-18/h3-4,11-12H,1-2,5-10H2,(H,19,20)/t11-,12+/m1/s1. The van der Waals surface area contributed by atoms with Crippen LogP contribution >= 0.6 is 0 Å². The van der Waals surface area contributed by atoms with Gasteiger partial charge in [-0.1, -0.05) is 25.0 Å². The molecule has 1 N–H and O–H groups in total. The van der Waals surface area contributed by atoms with Crippen molar-refractivity contribution in [3.63, 3.8) is 0 Å². The fourth-order valence-corrected chi connectivity index (χ4v) is 3.14. The van der Waals surface area contributed by atoms with Crippen molar-refractivity contribution in [2.24, 2.45) is 5.92 Å². The van der Waals surface area contributed by atoms with E-state index in [9.17, 15) is 9.90 Å². The van der Waals surface area contributed by atoms with E-state index in [0.717, 1.165) is 25.9 Å². The number of hydrogen-bond donors (Lipinski definition) is 1. The average Bonchev–Trinajstić information content (AvgIpc) is 2.83. The monoisotopic (exact) mass is 291 g/mol. The minimum absolute atomic E-state index is 0.208. The highest BCUT2D eigenvalue weighted by molar-refractivity contribution is 5.71. The molecule has 6 nitrogen and oxygen atoms in total. The first-order chi connectivity index (χ1) is 10.3. The lowest BCUT2D eigenvalue weighted by molar-refractivity contribution is -0.142. The van der Waals surface area contributed by atoms with Crippen LogP contribution in [-0.4, -0.2) is 34.3 Å². The Balaban J connectivity index is 1.77. The second-order valence-electron chi connectivity index (χ2n) is 5.83. The van der Waals surface area contributed by atoms with Gasteiger partial charge in [0, 0.05) is 13.1 Å². The second kappa shape index (κ2) is 6.28. The number of nitrogens with zero attached hydrogens (tertiary/aromatic N) is 3. The predicted octanol–water partition coefficient (Wildman–Crippen LogP) is 2.58. The number of hydrogen-bond acceptors (Lipinski definition) is 5. The van der Waals surface area contributed by atoms with Crippen molar-refractivity contribution >= 4 is 11.9 Å². The molecule has 2 heterocycles. The molecule has 0 radical (unpaired) electrons. The SMILES string of the molecule is O=C(O)[C@H]1CC=CC[C@H]1c1nc(N2CCCCCC2)no1. The Labute approximate surface area is 123 Å². The molecular weight excluding hydrogens is 270 g/mol. The zero-order valence-electron chi connectivity index (χ0n) is 12.1. The summed E-state index contributed by atoms with van der Waals surface area (Å²) in [5.74, 6) is -0.386. The lowest BCUT2D eigenvalue weighted by atomic mass is 9.83. The van der Waals surface area contributed by atoms with Crippen LogP contribution in [0.2, 0.25) is 0 Å². The van der Waals surface area contributed by atoms with Gasteiger partial charge in [0.25, 0.3) is 5.95 Å². The van der Waals surface area contributed by atoms with Crippen molar-refractivity contribution in [1.29, 1.82) is 0 Å². The zero-order valence-corrected chi connectivity index (χ0v) is 12.1. The highest BCUT2D eigenvalue weighted by Crippen LogP contribution is 2.34. The topological polar surface area (TPSA) is 79.5 Å². The summed E-state index contributed by atoms with van der Waals surface area (Å²) in [7, 11) is 0. The summed E-state index contributed by atoms with van der Waals surface area (Å²) >= 11 is 0. The average molecular weight is 291 g/mol. The Morgan fingerprint density at radius 1 is 1.19 bits per heavy atom. The number of allylic oxidation sites excluding steroid dienone is 2. The van der Waals surface area contributed by atoms with Gasteiger partial charge >= 0.3 is 5.97 Å². The maximum absolute atomic E-state index is 11.4. The van der Waals surface area contributed by atoms with Gasteiger partial charge in [-0.15, -0.1) is 0 Å². The molecule has 0 spiro atoms. The molecule has 1 aromatic rings. The van der Waals surface area contributed by atoms with E-state index in [1.54, 1.807) is 0 Å². The van der Waals surface area contributed by atoms with Crippen molar-refractivity contribution in [1.82, 2.24) is 10.1 Å². The number of aliphatic carboxylic acids is 1. The van der Waals surface area contributed by atoms with E-state index in [4.69, 9.17) is 4.52 Å². The minimum atomic E-state index is -0.793. The molecule has 6 heteroatoms. The van der Waals surface area contributed by atoms with Crippen molar-refractivity contribution < 1.29 is 14.4 Å². The van der Waals surface area contributed by atoms with Crippen LogP contribution in [0.3, 0.4) is 0 Å². The van der Waals surface area contributed by atoms with E-state index in [1.165, 1.54) is 12.8 Å². The molecule has 1 aromatic heterocycles. The molecule has 2 atom stereocenters. The van der Waals surface area contributed by atoms with Gasteiger partial charge in [-0.25, -0.2) is 0 Å². The van der Waals surface area contributed by atoms with Crippen molar-refractivity contribution in [3.8, 4) is 0 Å². The van der Waals surface area contributed by atoms with Crippen LogP contribution in [0, 0.1) is 5.92 Å². The predicted molar refractivity (Wildman–Crippen MR) is 77.2 cm³/mol. The highest BCUT2D eigenvalue weighted by Gasteiger charge is 2.34. The molecule has 0 saturated carbocycles. The molecule has 1 aliphatic carbocycles. The lowest BCUT2D eigenvalue weighted by Gasteiger charge is -2.21. The molecule has 1 aliphatic heterocycles. The van der Waals surface area contributed by atoms with Crippen LogP contribution in [-0.2, 0) is 4.79 Å². The number of rotatable bonds is 3. The van der Waals surface area contributed by atoms with E-state index in [-0.39, 0.29) is 5.92 Å². The summed E-state index contributed by atoms with van der Waals surface area (Å²) in [6, 6.07) is 0. The number of aromatic nitrogens is 2. The van der Waals surface area contributed by atoms with Gasteiger partial charge in [-0.3, -0.25) is 4.79 Å². The van der Waals surface area contributed by atoms with Crippen LogP contribution < -0.4 is 4.90 Å². The quantitative estimate of drug-likeness (QED) is 0.862. The van der Waals surface area contributed by atoms with E-state index in [1.807, 2.05) is 12.2 Å². The maximum atomic E-state index is 11.4. The van der Waals surface area contributed by atoms with Crippen molar-refractivity contribution in [3.05, 3.63) is 18.0 Å². The second-order valence-corrected chi connectivity index (χ2v) is 5.83. The molecule has 21 heavy (non-hydrogen) atoms. The van der Waals surface area contributed by atoms with E-state index < -0.39 is 11.9 Å². The minimum Gasteiger partial charge on any atom is -0.481 e. The highest BCUT2D eigenvalue weighted by atomic mass is 16.5. The molecule has 0 aromatic carbocycles. The lowest BCUT2D eigenvalue weighted by Crippen LogP contribution is -2.26. The van der Waals surface area contributed by atoms with Gasteiger partial charge in [-0.05, 0) is 30.8 Å². The van der Waals surface area contributed by atoms with Gasteiger partial charge in [0.2, 0.25) is 5.89 Å². The fraction of sp³-hybridized carbons (Fsp3) is 0.667. The summed E-state index contributed by atoms with van der Waals surface area (Å²) < 4.78 is 5.38.